The summed E-state index contributed by atoms with van der Waals surface area (Å²) in [6.07, 6.45) is -19.3. The van der Waals surface area contributed by atoms with Crippen LogP contribution in [0.4, 0.5) is 43.9 Å². The molecule has 1 N–H and O–H groups in total. The number of hydrogen-bond donors (Lipinski definition) is 1. The zero-order valence-corrected chi connectivity index (χ0v) is 24.0. The maximum absolute atomic E-state index is 14.2. The molecule has 0 unspecified atom stereocenters. The molecule has 2 rings (SSSR count). The van der Waals surface area contributed by atoms with Gasteiger partial charge < -0.3 is 9.84 Å². The van der Waals surface area contributed by atoms with Crippen molar-refractivity contribution in [3.8, 4) is 0 Å². The first-order valence-corrected chi connectivity index (χ1v) is 13.4. The highest BCUT2D eigenvalue weighted by Crippen LogP contribution is 2.45. The summed E-state index contributed by atoms with van der Waals surface area (Å²) >= 11 is -0.00892. The zero-order valence-electron chi connectivity index (χ0n) is 23.2. The van der Waals surface area contributed by atoms with E-state index in [4.69, 9.17) is 0 Å². The van der Waals surface area contributed by atoms with Crippen molar-refractivity contribution in [2.45, 2.75) is 76.4 Å². The van der Waals surface area contributed by atoms with Gasteiger partial charge in [0.25, 0.3) is 12.9 Å². The lowest BCUT2D eigenvalue weighted by molar-refractivity contribution is -0.144. The molecule has 0 radical (unpaired) electrons. The van der Waals surface area contributed by atoms with E-state index in [-0.39, 0.29) is 11.8 Å². The standard InChI is InChI=1S/C26H26F10N2O4S/c1-9(2)6-11-13(19(25(31,32)33)37-17(22(29)30)15(11)24(41)42-5)8-43-18-12(7-10(3)4)14(23(39)40)16(21(27)28)38-20(18)26(34,35)36/h9-10,21-22H,6-8H2,1-5H3,(H,39,40). The summed E-state index contributed by atoms with van der Waals surface area (Å²) in [7, 11) is 0.778. The normalized spacial score (nSPS) is 12.6. The third kappa shape index (κ3) is 8.29. The fraction of sp³-hybridized carbons (Fsp3) is 0.538. The van der Waals surface area contributed by atoms with Crippen LogP contribution in [0.15, 0.2) is 4.90 Å². The predicted octanol–water partition coefficient (Wildman–Crippen LogP) is 8.56. The number of esters is 1. The monoisotopic (exact) mass is 652 g/mol. The molecule has 17 heteroatoms. The van der Waals surface area contributed by atoms with Crippen LogP contribution >= 0.6 is 11.8 Å². The predicted molar refractivity (Wildman–Crippen MR) is 133 cm³/mol. The minimum absolute atomic E-state index is 0.00892. The fourth-order valence-electron chi connectivity index (χ4n) is 4.33. The molecule has 240 valence electrons. The van der Waals surface area contributed by atoms with Gasteiger partial charge in [-0.05, 0) is 41.4 Å². The van der Waals surface area contributed by atoms with Crippen molar-refractivity contribution in [3.63, 3.8) is 0 Å². The summed E-state index contributed by atoms with van der Waals surface area (Å²) in [4.78, 5) is 29.4. The molecule has 0 bridgehead atoms. The number of thioether (sulfide) groups is 1. The molecular weight excluding hydrogens is 626 g/mol. The van der Waals surface area contributed by atoms with Crippen LogP contribution in [0.5, 0.6) is 0 Å². The van der Waals surface area contributed by atoms with Gasteiger partial charge >= 0.3 is 24.3 Å². The first kappa shape index (κ1) is 36.1. The second-order valence-electron chi connectivity index (χ2n) is 10.1. The number of carbonyl (C=O) groups is 2. The van der Waals surface area contributed by atoms with Crippen molar-refractivity contribution < 1.29 is 63.3 Å². The number of rotatable bonds is 11. The van der Waals surface area contributed by atoms with Crippen LogP contribution in [0.2, 0.25) is 0 Å². The Morgan fingerprint density at radius 3 is 1.60 bits per heavy atom. The van der Waals surface area contributed by atoms with Crippen molar-refractivity contribution >= 4 is 23.7 Å². The molecule has 43 heavy (non-hydrogen) atoms. The lowest BCUT2D eigenvalue weighted by atomic mass is 9.91. The minimum Gasteiger partial charge on any atom is -0.478 e. The number of aromatic carboxylic acids is 1. The quantitative estimate of drug-likeness (QED) is 0.148. The topological polar surface area (TPSA) is 89.4 Å². The third-order valence-electron chi connectivity index (χ3n) is 5.86. The van der Waals surface area contributed by atoms with Crippen LogP contribution in [-0.2, 0) is 35.7 Å². The zero-order chi connectivity index (χ0) is 33.2. The number of halogens is 10. The van der Waals surface area contributed by atoms with Gasteiger partial charge in [-0.1, -0.05) is 27.7 Å². The van der Waals surface area contributed by atoms with E-state index in [1.807, 2.05) is 0 Å². The molecule has 0 aliphatic carbocycles. The Hall–Kier alpha value is -3.11. The van der Waals surface area contributed by atoms with Crippen LogP contribution in [-0.4, -0.2) is 34.1 Å². The Balaban J connectivity index is 3.07. The van der Waals surface area contributed by atoms with Gasteiger partial charge in [0.2, 0.25) is 0 Å². The number of carboxylic acid groups (broad SMARTS) is 1. The maximum Gasteiger partial charge on any atom is 0.434 e. The molecule has 0 saturated heterocycles. The molecule has 6 nitrogen and oxygen atoms in total. The minimum atomic E-state index is -5.46. The Bertz CT molecular complexity index is 1360. The van der Waals surface area contributed by atoms with Gasteiger partial charge in [0.1, 0.15) is 17.1 Å². The van der Waals surface area contributed by atoms with Gasteiger partial charge in [0, 0.05) is 10.6 Å². The second kappa shape index (κ2) is 13.7. The van der Waals surface area contributed by atoms with Crippen molar-refractivity contribution in [1.82, 2.24) is 9.97 Å². The third-order valence-corrected chi connectivity index (χ3v) is 7.02. The highest BCUT2D eigenvalue weighted by molar-refractivity contribution is 7.98. The van der Waals surface area contributed by atoms with E-state index in [1.165, 1.54) is 27.7 Å². The summed E-state index contributed by atoms with van der Waals surface area (Å²) in [5.41, 5.74) is -11.6. The molecule has 2 aromatic rings. The van der Waals surface area contributed by atoms with E-state index in [0.717, 1.165) is 7.11 Å². The van der Waals surface area contributed by atoms with Gasteiger partial charge in [0.05, 0.1) is 18.2 Å². The number of alkyl halides is 10. The first-order chi connectivity index (χ1) is 19.6. The Morgan fingerprint density at radius 2 is 1.21 bits per heavy atom. The Labute approximate surface area is 243 Å². The molecule has 0 fully saturated rings. The van der Waals surface area contributed by atoms with Crippen LogP contribution in [0, 0.1) is 11.8 Å². The van der Waals surface area contributed by atoms with Gasteiger partial charge in [-0.2, -0.15) is 26.3 Å². The van der Waals surface area contributed by atoms with E-state index in [2.05, 4.69) is 14.7 Å². The van der Waals surface area contributed by atoms with Crippen molar-refractivity contribution in [2.24, 2.45) is 11.8 Å². The van der Waals surface area contributed by atoms with Gasteiger partial charge in [-0.3, -0.25) is 0 Å². The molecule has 0 aromatic carbocycles. The lowest BCUT2D eigenvalue weighted by Gasteiger charge is -2.24. The van der Waals surface area contributed by atoms with Crippen molar-refractivity contribution in [2.75, 3.05) is 7.11 Å². The highest BCUT2D eigenvalue weighted by Gasteiger charge is 2.43. The van der Waals surface area contributed by atoms with Crippen molar-refractivity contribution in [1.29, 1.82) is 0 Å². The summed E-state index contributed by atoms with van der Waals surface area (Å²) in [6.45, 7) is 5.83. The van der Waals surface area contributed by atoms with Crippen LogP contribution in [0.1, 0.15) is 101 Å². The average molecular weight is 653 g/mol. The first-order valence-electron chi connectivity index (χ1n) is 12.4. The van der Waals surface area contributed by atoms with E-state index in [1.54, 1.807) is 0 Å². The second-order valence-corrected chi connectivity index (χ2v) is 11.1. The summed E-state index contributed by atoms with van der Waals surface area (Å²) in [5, 5.41) is 9.67. The van der Waals surface area contributed by atoms with Gasteiger partial charge in [0.15, 0.2) is 5.69 Å². The number of methoxy groups -OCH3 is 1. The molecular formula is C26H26F10N2O4S. The largest absolute Gasteiger partial charge is 0.478 e. The van der Waals surface area contributed by atoms with Gasteiger partial charge in [-0.15, -0.1) is 11.8 Å². The van der Waals surface area contributed by atoms with Crippen LogP contribution in [0.3, 0.4) is 0 Å². The van der Waals surface area contributed by atoms with Crippen molar-refractivity contribution in [3.05, 3.63) is 50.6 Å². The Kier molecular flexibility index (Phi) is 11.5. The number of nitrogens with zero attached hydrogens (tertiary/aromatic N) is 2. The smallest absolute Gasteiger partial charge is 0.434 e. The average Bonchev–Trinajstić information content (AvgIpc) is 2.84. The van der Waals surface area contributed by atoms with E-state index in [0.29, 0.717) is 0 Å². The SMILES string of the molecule is COC(=O)c1c(C(F)F)nc(C(F)(F)F)c(CSc2c(C(F)(F)F)nc(C(F)F)c(C(=O)O)c2CC(C)C)c1CC(C)C. The molecule has 0 saturated carbocycles. The molecule has 0 amide bonds. The molecule has 0 atom stereocenters. The summed E-state index contributed by atoms with van der Waals surface area (Å²) < 4.78 is 145. The maximum atomic E-state index is 14.2. The summed E-state index contributed by atoms with van der Waals surface area (Å²) in [6, 6.07) is 0. The summed E-state index contributed by atoms with van der Waals surface area (Å²) in [5.74, 6) is -5.81. The number of ether oxygens (including phenoxy) is 1. The van der Waals surface area contributed by atoms with Crippen LogP contribution < -0.4 is 0 Å². The lowest BCUT2D eigenvalue weighted by Crippen LogP contribution is -2.23. The number of carbonyl (C=O) groups excluding carboxylic acids is 1. The van der Waals surface area contributed by atoms with Gasteiger partial charge in [-0.25, -0.2) is 37.1 Å². The van der Waals surface area contributed by atoms with Crippen LogP contribution in [0.25, 0.3) is 0 Å². The number of aromatic nitrogens is 2. The number of hydrogen-bond acceptors (Lipinski definition) is 6. The van der Waals surface area contributed by atoms with E-state index >= 15 is 0 Å². The number of pyridine rings is 2. The highest BCUT2D eigenvalue weighted by atomic mass is 32.2. The molecule has 2 aromatic heterocycles. The fourth-order valence-corrected chi connectivity index (χ4v) is 5.59. The Morgan fingerprint density at radius 1 is 0.767 bits per heavy atom. The van der Waals surface area contributed by atoms with E-state index < -0.39 is 123 Å². The molecule has 0 aliphatic rings. The molecule has 2 heterocycles. The molecule has 0 aliphatic heterocycles. The number of carboxylic acids is 1. The van der Waals surface area contributed by atoms with E-state index in [9.17, 15) is 58.6 Å². The molecule has 0 spiro atoms.